The van der Waals surface area contributed by atoms with Gasteiger partial charge in [-0.05, 0) is 18.8 Å². The number of aliphatic hydroxyl groups is 1. The van der Waals surface area contributed by atoms with Gasteiger partial charge in [0.15, 0.2) is 0 Å². The molecule has 1 fully saturated rings. The van der Waals surface area contributed by atoms with Crippen molar-refractivity contribution < 1.29 is 19.8 Å². The summed E-state index contributed by atoms with van der Waals surface area (Å²) in [6, 6.07) is -0.117. The van der Waals surface area contributed by atoms with Crippen LogP contribution in [0.5, 0.6) is 0 Å². The van der Waals surface area contributed by atoms with E-state index in [0.717, 1.165) is 6.42 Å². The van der Waals surface area contributed by atoms with Gasteiger partial charge in [0.2, 0.25) is 0 Å². The number of aliphatic hydroxyl groups excluding tert-OH is 1. The van der Waals surface area contributed by atoms with Gasteiger partial charge in [-0.25, -0.2) is 4.79 Å². The maximum absolute atomic E-state index is 11.8. The van der Waals surface area contributed by atoms with Gasteiger partial charge in [0.1, 0.15) is 0 Å². The van der Waals surface area contributed by atoms with E-state index in [-0.39, 0.29) is 30.9 Å². The molecule has 2 amide bonds. The normalized spacial score (nSPS) is 20.8. The molecule has 1 saturated heterocycles. The molecule has 6 nitrogen and oxygen atoms in total. The average Bonchev–Trinajstić information content (AvgIpc) is 2.82. The molecule has 18 heavy (non-hydrogen) atoms. The number of nitrogens with one attached hydrogen (secondary N) is 1. The van der Waals surface area contributed by atoms with Gasteiger partial charge in [-0.1, -0.05) is 6.92 Å². The van der Waals surface area contributed by atoms with Gasteiger partial charge in [0.25, 0.3) is 0 Å². The fourth-order valence-electron chi connectivity index (χ4n) is 2.01. The zero-order chi connectivity index (χ0) is 13.5. The molecule has 0 saturated carbocycles. The number of hydrogen-bond acceptors (Lipinski definition) is 3. The topological polar surface area (TPSA) is 89.9 Å². The fourth-order valence-corrected chi connectivity index (χ4v) is 2.01. The van der Waals surface area contributed by atoms with E-state index in [1.54, 1.807) is 4.90 Å². The third-order valence-electron chi connectivity index (χ3n) is 3.28. The highest BCUT2D eigenvalue weighted by molar-refractivity contribution is 5.74. The Kier molecular flexibility index (Phi) is 5.91. The molecule has 2 unspecified atom stereocenters. The predicted molar refractivity (Wildman–Crippen MR) is 66.2 cm³/mol. The third-order valence-corrected chi connectivity index (χ3v) is 3.28. The zero-order valence-electron chi connectivity index (χ0n) is 10.8. The van der Waals surface area contributed by atoms with Crippen LogP contribution < -0.4 is 5.32 Å². The minimum absolute atomic E-state index is 0.117. The highest BCUT2D eigenvalue weighted by Crippen LogP contribution is 2.15. The molecular formula is C12H22N2O4. The summed E-state index contributed by atoms with van der Waals surface area (Å²) in [4.78, 5) is 23.9. The Bertz CT molecular complexity index is 296. The van der Waals surface area contributed by atoms with Gasteiger partial charge >= 0.3 is 12.0 Å². The summed E-state index contributed by atoms with van der Waals surface area (Å²) in [5, 5.41) is 20.3. The van der Waals surface area contributed by atoms with Crippen molar-refractivity contribution in [3.05, 3.63) is 0 Å². The van der Waals surface area contributed by atoms with E-state index in [1.165, 1.54) is 0 Å². The maximum atomic E-state index is 11.8. The van der Waals surface area contributed by atoms with Gasteiger partial charge in [-0.15, -0.1) is 0 Å². The predicted octanol–water partition coefficient (Wildman–Crippen LogP) is 0.511. The number of aliphatic carboxylic acids is 1. The molecule has 0 aromatic rings. The Hall–Kier alpha value is -1.30. The summed E-state index contributed by atoms with van der Waals surface area (Å²) in [5.74, 6) is -0.458. The minimum atomic E-state index is -0.807. The summed E-state index contributed by atoms with van der Waals surface area (Å²) in [5.41, 5.74) is 0. The lowest BCUT2D eigenvalue weighted by atomic mass is 10.1. The summed E-state index contributed by atoms with van der Waals surface area (Å²) in [6.45, 7) is 3.82. The Balaban J connectivity index is 2.18. The van der Waals surface area contributed by atoms with Gasteiger partial charge < -0.3 is 20.4 Å². The van der Waals surface area contributed by atoms with E-state index < -0.39 is 5.97 Å². The SMILES string of the molecule is CC(CCC(=O)O)CNC(=O)N1CCC(CO)C1. The zero-order valence-corrected chi connectivity index (χ0v) is 10.8. The molecule has 0 radical (unpaired) electrons. The molecule has 1 rings (SSSR count). The molecule has 1 aliphatic heterocycles. The quantitative estimate of drug-likeness (QED) is 0.647. The van der Waals surface area contributed by atoms with E-state index in [0.29, 0.717) is 26.1 Å². The molecule has 1 heterocycles. The van der Waals surface area contributed by atoms with Crippen molar-refractivity contribution in [1.29, 1.82) is 0 Å². The first-order valence-corrected chi connectivity index (χ1v) is 6.38. The highest BCUT2D eigenvalue weighted by atomic mass is 16.4. The number of nitrogens with zero attached hydrogens (tertiary/aromatic N) is 1. The van der Waals surface area contributed by atoms with Crippen LogP contribution in [0, 0.1) is 11.8 Å². The molecule has 0 aromatic heterocycles. The van der Waals surface area contributed by atoms with Crippen molar-refractivity contribution in [3.8, 4) is 0 Å². The van der Waals surface area contributed by atoms with Gasteiger partial charge in [0.05, 0.1) is 0 Å². The highest BCUT2D eigenvalue weighted by Gasteiger charge is 2.25. The van der Waals surface area contributed by atoms with Crippen LogP contribution in [0.25, 0.3) is 0 Å². The number of urea groups is 1. The van der Waals surface area contributed by atoms with Crippen LogP contribution in [0.15, 0.2) is 0 Å². The summed E-state index contributed by atoms with van der Waals surface area (Å²) >= 11 is 0. The molecule has 0 spiro atoms. The first-order valence-electron chi connectivity index (χ1n) is 6.38. The van der Waals surface area contributed by atoms with Crippen molar-refractivity contribution in [1.82, 2.24) is 10.2 Å². The first kappa shape index (κ1) is 14.8. The van der Waals surface area contributed by atoms with E-state index >= 15 is 0 Å². The third kappa shape index (κ3) is 4.91. The number of rotatable bonds is 6. The second-order valence-electron chi connectivity index (χ2n) is 5.01. The summed E-state index contributed by atoms with van der Waals surface area (Å²) < 4.78 is 0. The second kappa shape index (κ2) is 7.20. The van der Waals surface area contributed by atoms with Crippen molar-refractivity contribution >= 4 is 12.0 Å². The van der Waals surface area contributed by atoms with Crippen molar-refractivity contribution in [2.45, 2.75) is 26.2 Å². The molecule has 1 aliphatic rings. The molecule has 2 atom stereocenters. The van der Waals surface area contributed by atoms with E-state index in [9.17, 15) is 9.59 Å². The van der Waals surface area contributed by atoms with Crippen LogP contribution >= 0.6 is 0 Å². The Morgan fingerprint density at radius 1 is 1.50 bits per heavy atom. The van der Waals surface area contributed by atoms with Crippen molar-refractivity contribution in [2.75, 3.05) is 26.2 Å². The number of carbonyl (C=O) groups excluding carboxylic acids is 1. The number of carbonyl (C=O) groups is 2. The molecule has 104 valence electrons. The van der Waals surface area contributed by atoms with Crippen molar-refractivity contribution in [3.63, 3.8) is 0 Å². The largest absolute Gasteiger partial charge is 0.481 e. The molecular weight excluding hydrogens is 236 g/mol. The molecule has 3 N–H and O–H groups in total. The Morgan fingerprint density at radius 2 is 2.22 bits per heavy atom. The minimum Gasteiger partial charge on any atom is -0.481 e. The standard InChI is InChI=1S/C12H22N2O4/c1-9(2-3-11(16)17)6-13-12(18)14-5-4-10(7-14)8-15/h9-10,15H,2-8H2,1H3,(H,13,18)(H,16,17). The number of amides is 2. The number of carboxylic acids is 1. The Labute approximate surface area is 107 Å². The summed E-state index contributed by atoms with van der Waals surface area (Å²) in [7, 11) is 0. The lowest BCUT2D eigenvalue weighted by Crippen LogP contribution is -2.40. The lowest BCUT2D eigenvalue weighted by molar-refractivity contribution is -0.137. The van der Waals surface area contributed by atoms with Crippen LogP contribution in [0.4, 0.5) is 4.79 Å². The number of carboxylic acid groups (broad SMARTS) is 1. The van der Waals surface area contributed by atoms with Gasteiger partial charge in [-0.2, -0.15) is 0 Å². The number of hydrogen-bond donors (Lipinski definition) is 3. The van der Waals surface area contributed by atoms with Crippen LogP contribution in [-0.4, -0.2) is 53.4 Å². The molecule has 0 bridgehead atoms. The monoisotopic (exact) mass is 258 g/mol. The van der Waals surface area contributed by atoms with Crippen molar-refractivity contribution in [2.24, 2.45) is 11.8 Å². The van der Waals surface area contributed by atoms with E-state index in [2.05, 4.69) is 5.32 Å². The molecule has 0 aromatic carbocycles. The average molecular weight is 258 g/mol. The smallest absolute Gasteiger partial charge is 0.317 e. The van der Waals surface area contributed by atoms with E-state index in [4.69, 9.17) is 10.2 Å². The lowest BCUT2D eigenvalue weighted by Gasteiger charge is -2.19. The van der Waals surface area contributed by atoms with E-state index in [1.807, 2.05) is 6.92 Å². The van der Waals surface area contributed by atoms with Crippen LogP contribution in [0.3, 0.4) is 0 Å². The van der Waals surface area contributed by atoms with Gasteiger partial charge in [-0.3, -0.25) is 4.79 Å². The fraction of sp³-hybridized carbons (Fsp3) is 0.833. The second-order valence-corrected chi connectivity index (χ2v) is 5.01. The Morgan fingerprint density at radius 3 is 2.78 bits per heavy atom. The van der Waals surface area contributed by atoms with Gasteiger partial charge in [0, 0.05) is 38.6 Å². The van der Waals surface area contributed by atoms with Crippen LogP contribution in [0.2, 0.25) is 0 Å². The number of likely N-dealkylation sites (tertiary alicyclic amines) is 1. The van der Waals surface area contributed by atoms with Crippen LogP contribution in [0.1, 0.15) is 26.2 Å². The molecule has 0 aliphatic carbocycles. The first-order chi connectivity index (χ1) is 8.52. The van der Waals surface area contributed by atoms with Crippen LogP contribution in [-0.2, 0) is 4.79 Å². The summed E-state index contributed by atoms with van der Waals surface area (Å²) in [6.07, 6.45) is 1.54. The molecule has 6 heteroatoms. The maximum Gasteiger partial charge on any atom is 0.317 e.